The Balaban J connectivity index is 2.10. The van der Waals surface area contributed by atoms with E-state index in [-0.39, 0.29) is 35.6 Å². The predicted octanol–water partition coefficient (Wildman–Crippen LogP) is 4.55. The topological polar surface area (TPSA) is 74.8 Å². The zero-order valence-corrected chi connectivity index (χ0v) is 17.8. The Hall–Kier alpha value is -2.70. The molecule has 0 bridgehead atoms. The van der Waals surface area contributed by atoms with Crippen LogP contribution in [0.4, 0.5) is 0 Å². The van der Waals surface area contributed by atoms with E-state index in [4.69, 9.17) is 23.2 Å². The Kier molecular flexibility index (Phi) is 6.90. The first-order valence-corrected chi connectivity index (χ1v) is 10.3. The molecule has 3 rings (SSSR count). The van der Waals surface area contributed by atoms with E-state index in [0.29, 0.717) is 17.0 Å². The number of benzene rings is 2. The number of nitrogens with zero attached hydrogens (tertiary/aromatic N) is 2. The Morgan fingerprint density at radius 1 is 1.03 bits per heavy atom. The summed E-state index contributed by atoms with van der Waals surface area (Å²) in [4.78, 5) is 52.0. The van der Waals surface area contributed by atoms with Crippen LogP contribution in [-0.2, 0) is 9.59 Å². The highest BCUT2D eigenvalue weighted by Crippen LogP contribution is 2.27. The number of amides is 3. The summed E-state index contributed by atoms with van der Waals surface area (Å²) in [5.41, 5.74) is 0.424. The molecule has 6 nitrogen and oxygen atoms in total. The van der Waals surface area contributed by atoms with E-state index >= 15 is 0 Å². The predicted molar refractivity (Wildman–Crippen MR) is 113 cm³/mol. The van der Waals surface area contributed by atoms with Gasteiger partial charge in [-0.25, -0.2) is 5.01 Å². The van der Waals surface area contributed by atoms with E-state index < -0.39 is 23.8 Å². The lowest BCUT2D eigenvalue weighted by molar-refractivity contribution is -0.165. The smallest absolute Gasteiger partial charge is 0.275 e. The lowest BCUT2D eigenvalue weighted by Gasteiger charge is -2.39. The molecule has 1 heterocycles. The molecule has 1 saturated heterocycles. The number of hydrogen-bond donors (Lipinski definition) is 0. The molecular weight excluding hydrogens is 427 g/mol. The summed E-state index contributed by atoms with van der Waals surface area (Å²) in [5.74, 6) is -2.13. The molecule has 2 aromatic carbocycles. The van der Waals surface area contributed by atoms with Crippen molar-refractivity contribution in [2.24, 2.45) is 0 Å². The largest absolute Gasteiger partial charge is 0.292 e. The average molecular weight is 447 g/mol. The van der Waals surface area contributed by atoms with Gasteiger partial charge in [0.05, 0.1) is 10.6 Å². The Morgan fingerprint density at radius 3 is 2.23 bits per heavy atom. The summed E-state index contributed by atoms with van der Waals surface area (Å²) in [5, 5.41) is 2.18. The Labute approximate surface area is 184 Å². The van der Waals surface area contributed by atoms with Crippen molar-refractivity contribution in [3.63, 3.8) is 0 Å². The number of hydrazine groups is 1. The highest BCUT2D eigenvalue weighted by atomic mass is 35.5. The van der Waals surface area contributed by atoms with Crippen molar-refractivity contribution >= 4 is 46.7 Å². The third-order valence-corrected chi connectivity index (χ3v) is 5.43. The van der Waals surface area contributed by atoms with Gasteiger partial charge < -0.3 is 0 Å². The van der Waals surface area contributed by atoms with Gasteiger partial charge in [-0.1, -0.05) is 60.5 Å². The SMILES string of the molecule is CC[C@@H](C(=O)c1ccccc1)N(C(=O)c1ccc(Cl)cc1Cl)N1C(=O)CCCC1=O. The van der Waals surface area contributed by atoms with Crippen LogP contribution < -0.4 is 0 Å². The molecule has 2 aromatic rings. The molecule has 30 heavy (non-hydrogen) atoms. The number of rotatable bonds is 6. The van der Waals surface area contributed by atoms with Crippen molar-refractivity contribution in [3.8, 4) is 0 Å². The fraction of sp³-hybridized carbons (Fsp3) is 0.273. The molecule has 0 aromatic heterocycles. The van der Waals surface area contributed by atoms with Gasteiger partial charge in [-0.05, 0) is 31.0 Å². The third kappa shape index (κ3) is 4.40. The summed E-state index contributed by atoms with van der Waals surface area (Å²) < 4.78 is 0. The zero-order chi connectivity index (χ0) is 21.8. The number of ketones is 1. The van der Waals surface area contributed by atoms with Crippen LogP contribution in [0.3, 0.4) is 0 Å². The van der Waals surface area contributed by atoms with E-state index in [1.165, 1.54) is 18.2 Å². The molecule has 0 radical (unpaired) electrons. The number of hydrogen-bond acceptors (Lipinski definition) is 4. The normalized spacial score (nSPS) is 15.1. The average Bonchev–Trinajstić information content (AvgIpc) is 2.73. The summed E-state index contributed by atoms with van der Waals surface area (Å²) >= 11 is 12.2. The first kappa shape index (κ1) is 22.0. The standard InChI is InChI=1S/C22H20Cl2N2O4/c1-2-18(21(29)14-7-4-3-5-8-14)25(26-19(27)9-6-10-20(26)28)22(30)16-12-11-15(23)13-17(16)24/h3-5,7-8,11-13,18H,2,6,9-10H2,1H3/t18-/m0/s1. The molecule has 8 heteroatoms. The third-order valence-electron chi connectivity index (χ3n) is 4.88. The van der Waals surface area contributed by atoms with Crippen LogP contribution in [0.15, 0.2) is 48.5 Å². The second kappa shape index (κ2) is 9.41. The molecule has 0 saturated carbocycles. The monoisotopic (exact) mass is 446 g/mol. The highest BCUT2D eigenvalue weighted by molar-refractivity contribution is 6.36. The van der Waals surface area contributed by atoms with Crippen LogP contribution in [0.5, 0.6) is 0 Å². The molecule has 1 aliphatic rings. The number of carbonyl (C=O) groups is 4. The van der Waals surface area contributed by atoms with E-state index in [1.807, 2.05) is 0 Å². The zero-order valence-electron chi connectivity index (χ0n) is 16.3. The first-order chi connectivity index (χ1) is 14.3. The second-order valence-electron chi connectivity index (χ2n) is 6.88. The second-order valence-corrected chi connectivity index (χ2v) is 7.72. The highest BCUT2D eigenvalue weighted by Gasteiger charge is 2.41. The van der Waals surface area contributed by atoms with Gasteiger partial charge in [0.2, 0.25) is 11.8 Å². The molecule has 0 aliphatic carbocycles. The van der Waals surface area contributed by atoms with Crippen LogP contribution in [-0.4, -0.2) is 39.6 Å². The number of piperidine rings is 1. The molecule has 156 valence electrons. The van der Waals surface area contributed by atoms with E-state index in [0.717, 1.165) is 10.0 Å². The van der Waals surface area contributed by atoms with Crippen molar-refractivity contribution in [3.05, 3.63) is 69.7 Å². The maximum Gasteiger partial charge on any atom is 0.275 e. The van der Waals surface area contributed by atoms with Crippen molar-refractivity contribution < 1.29 is 19.2 Å². The minimum atomic E-state index is -1.06. The van der Waals surface area contributed by atoms with Crippen LogP contribution in [0.2, 0.25) is 10.0 Å². The van der Waals surface area contributed by atoms with Crippen molar-refractivity contribution in [2.45, 2.75) is 38.6 Å². The van der Waals surface area contributed by atoms with Gasteiger partial charge in [-0.3, -0.25) is 19.2 Å². The number of carbonyl (C=O) groups excluding carboxylic acids is 4. The molecule has 3 amide bonds. The van der Waals surface area contributed by atoms with E-state index in [2.05, 4.69) is 0 Å². The summed E-state index contributed by atoms with van der Waals surface area (Å²) in [6.07, 6.45) is 0.822. The molecule has 0 spiro atoms. The van der Waals surface area contributed by atoms with Crippen LogP contribution in [0.1, 0.15) is 53.3 Å². The van der Waals surface area contributed by atoms with Gasteiger partial charge in [0.1, 0.15) is 6.04 Å². The van der Waals surface area contributed by atoms with Gasteiger partial charge >= 0.3 is 0 Å². The lowest BCUT2D eigenvalue weighted by Crippen LogP contribution is -2.60. The summed E-state index contributed by atoms with van der Waals surface area (Å²) in [6, 6.07) is 11.7. The van der Waals surface area contributed by atoms with Gasteiger partial charge in [0, 0.05) is 23.4 Å². The van der Waals surface area contributed by atoms with E-state index in [1.54, 1.807) is 37.3 Å². The maximum absolute atomic E-state index is 13.5. The summed E-state index contributed by atoms with van der Waals surface area (Å²) in [6.45, 7) is 1.72. The number of halogens is 2. The molecule has 1 atom stereocenters. The molecule has 1 fully saturated rings. The molecule has 1 aliphatic heterocycles. The van der Waals surface area contributed by atoms with Gasteiger partial charge in [-0.15, -0.1) is 0 Å². The van der Waals surface area contributed by atoms with Gasteiger partial charge in [-0.2, -0.15) is 5.01 Å². The number of Topliss-reactive ketones (excluding diaryl/α,β-unsaturated/α-hetero) is 1. The quantitative estimate of drug-likeness (QED) is 0.481. The number of imide groups is 1. The van der Waals surface area contributed by atoms with E-state index in [9.17, 15) is 19.2 Å². The van der Waals surface area contributed by atoms with Gasteiger partial charge in [0.25, 0.3) is 5.91 Å². The fourth-order valence-electron chi connectivity index (χ4n) is 3.40. The Morgan fingerprint density at radius 2 is 1.67 bits per heavy atom. The van der Waals surface area contributed by atoms with Crippen molar-refractivity contribution in [2.75, 3.05) is 0 Å². The summed E-state index contributed by atoms with van der Waals surface area (Å²) in [7, 11) is 0. The van der Waals surface area contributed by atoms with Crippen molar-refractivity contribution in [1.82, 2.24) is 10.0 Å². The lowest BCUT2D eigenvalue weighted by atomic mass is 10.00. The Bertz CT molecular complexity index is 978. The molecule has 0 unspecified atom stereocenters. The van der Waals surface area contributed by atoms with Crippen LogP contribution >= 0.6 is 23.2 Å². The minimum Gasteiger partial charge on any atom is -0.292 e. The fourth-order valence-corrected chi connectivity index (χ4v) is 3.89. The minimum absolute atomic E-state index is 0.0477. The molecular formula is C22H20Cl2N2O4. The molecule has 0 N–H and O–H groups in total. The maximum atomic E-state index is 13.5. The van der Waals surface area contributed by atoms with Gasteiger partial charge in [0.15, 0.2) is 5.78 Å². The van der Waals surface area contributed by atoms with Crippen LogP contribution in [0.25, 0.3) is 0 Å². The van der Waals surface area contributed by atoms with Crippen LogP contribution in [0, 0.1) is 0 Å². The van der Waals surface area contributed by atoms with Crippen molar-refractivity contribution in [1.29, 1.82) is 0 Å². The first-order valence-electron chi connectivity index (χ1n) is 9.58.